The van der Waals surface area contributed by atoms with E-state index in [0.29, 0.717) is 22.7 Å². The standard InChI is InChI=1S/C30H26N4O3S/c1-17(28(35)33-29-22(15-31)20-12-11-18-7-3-4-8-19(18)27(20)38-29)37-30(36)26-21-9-5-6-10-24(21)32-25-13-14-34(2)16-23(25)26/h3-10,17H,11-14,16H2,1-2H3,(H,33,35). The Hall–Kier alpha value is -4.06. The van der Waals surface area contributed by atoms with Crippen molar-refractivity contribution in [1.29, 1.82) is 5.26 Å². The van der Waals surface area contributed by atoms with E-state index >= 15 is 0 Å². The van der Waals surface area contributed by atoms with Gasteiger partial charge in [0.25, 0.3) is 5.91 Å². The molecule has 2 aromatic carbocycles. The molecule has 7 nitrogen and oxygen atoms in total. The molecule has 8 heteroatoms. The first-order valence-electron chi connectivity index (χ1n) is 12.7. The van der Waals surface area contributed by atoms with Crippen molar-refractivity contribution in [3.8, 4) is 16.5 Å². The summed E-state index contributed by atoms with van der Waals surface area (Å²) >= 11 is 1.40. The van der Waals surface area contributed by atoms with E-state index in [0.717, 1.165) is 64.0 Å². The number of thiophene rings is 1. The predicted molar refractivity (Wildman–Crippen MR) is 147 cm³/mol. The highest BCUT2D eigenvalue weighted by molar-refractivity contribution is 7.20. The highest BCUT2D eigenvalue weighted by atomic mass is 32.1. The number of aryl methyl sites for hydroxylation is 1. The Bertz CT molecular complexity index is 1650. The van der Waals surface area contributed by atoms with E-state index in [2.05, 4.69) is 28.4 Å². The largest absolute Gasteiger partial charge is 0.449 e. The molecule has 0 radical (unpaired) electrons. The van der Waals surface area contributed by atoms with Gasteiger partial charge < -0.3 is 15.0 Å². The van der Waals surface area contributed by atoms with E-state index in [9.17, 15) is 14.9 Å². The summed E-state index contributed by atoms with van der Waals surface area (Å²) in [5.74, 6) is -1.01. The van der Waals surface area contributed by atoms with E-state index < -0.39 is 18.0 Å². The zero-order chi connectivity index (χ0) is 26.4. The lowest BCUT2D eigenvalue weighted by Crippen LogP contribution is -2.32. The number of para-hydroxylation sites is 1. The van der Waals surface area contributed by atoms with Crippen LogP contribution in [-0.2, 0) is 35.3 Å². The second-order valence-corrected chi connectivity index (χ2v) is 10.9. The third-order valence-corrected chi connectivity index (χ3v) is 8.54. The maximum Gasteiger partial charge on any atom is 0.339 e. The van der Waals surface area contributed by atoms with Crippen molar-refractivity contribution in [2.24, 2.45) is 0 Å². The predicted octanol–water partition coefficient (Wildman–Crippen LogP) is 5.11. The molecule has 6 rings (SSSR count). The molecule has 2 aliphatic rings. The maximum absolute atomic E-state index is 13.5. The summed E-state index contributed by atoms with van der Waals surface area (Å²) < 4.78 is 5.74. The number of carbonyl (C=O) groups is 2. The molecule has 0 saturated carbocycles. The number of aromatic nitrogens is 1. The number of rotatable bonds is 4. The zero-order valence-corrected chi connectivity index (χ0v) is 22.0. The van der Waals surface area contributed by atoms with Gasteiger partial charge in [0.2, 0.25) is 0 Å². The van der Waals surface area contributed by atoms with Gasteiger partial charge in [-0.05, 0) is 49.6 Å². The number of hydrogen-bond donors (Lipinski definition) is 1. The summed E-state index contributed by atoms with van der Waals surface area (Å²) in [7, 11) is 2.01. The number of nitrogens with zero attached hydrogens (tertiary/aromatic N) is 3. The van der Waals surface area contributed by atoms with Crippen LogP contribution in [0, 0.1) is 11.3 Å². The van der Waals surface area contributed by atoms with E-state index in [-0.39, 0.29) is 0 Å². The van der Waals surface area contributed by atoms with Crippen LogP contribution in [0.25, 0.3) is 21.3 Å². The lowest BCUT2D eigenvalue weighted by molar-refractivity contribution is -0.123. The van der Waals surface area contributed by atoms with Gasteiger partial charge in [0.05, 0.1) is 16.6 Å². The van der Waals surface area contributed by atoms with Crippen LogP contribution in [0.3, 0.4) is 0 Å². The molecule has 4 aromatic rings. The Morgan fingerprint density at radius 1 is 1.11 bits per heavy atom. The lowest BCUT2D eigenvalue weighted by Gasteiger charge is -2.27. The number of nitriles is 1. The fourth-order valence-corrected chi connectivity index (χ4v) is 6.65. The number of amides is 1. The number of nitrogens with one attached hydrogen (secondary N) is 1. The van der Waals surface area contributed by atoms with Gasteiger partial charge in [0, 0.05) is 41.0 Å². The quantitative estimate of drug-likeness (QED) is 0.375. The Morgan fingerprint density at radius 2 is 1.89 bits per heavy atom. The van der Waals surface area contributed by atoms with Crippen LogP contribution in [0.15, 0.2) is 48.5 Å². The van der Waals surface area contributed by atoms with Crippen LogP contribution in [0.4, 0.5) is 5.00 Å². The van der Waals surface area contributed by atoms with Crippen LogP contribution in [0.2, 0.25) is 0 Å². The van der Waals surface area contributed by atoms with Gasteiger partial charge in [0.1, 0.15) is 11.1 Å². The third kappa shape index (κ3) is 4.14. The number of benzene rings is 2. The number of hydrogen-bond acceptors (Lipinski definition) is 7. The Morgan fingerprint density at radius 3 is 2.74 bits per heavy atom. The zero-order valence-electron chi connectivity index (χ0n) is 21.2. The minimum absolute atomic E-state index is 0.467. The molecule has 0 spiro atoms. The highest BCUT2D eigenvalue weighted by Gasteiger charge is 2.30. The van der Waals surface area contributed by atoms with E-state index in [4.69, 9.17) is 9.72 Å². The Kier molecular flexibility index (Phi) is 6.18. The van der Waals surface area contributed by atoms with Gasteiger partial charge in [0.15, 0.2) is 6.10 Å². The minimum Gasteiger partial charge on any atom is -0.449 e. The number of fused-ring (bicyclic) bond motifs is 5. The third-order valence-electron chi connectivity index (χ3n) is 7.36. The summed E-state index contributed by atoms with van der Waals surface area (Å²) in [6.45, 7) is 3.01. The van der Waals surface area contributed by atoms with Crippen LogP contribution in [0.1, 0.15) is 45.2 Å². The Balaban J connectivity index is 1.27. The molecule has 3 heterocycles. The van der Waals surface area contributed by atoms with Crippen molar-refractivity contribution in [3.63, 3.8) is 0 Å². The van der Waals surface area contributed by atoms with Gasteiger partial charge >= 0.3 is 5.97 Å². The SMILES string of the molecule is CC(OC(=O)c1c2c(nc3ccccc13)CCN(C)C2)C(=O)Nc1sc2c(c1C#N)CCc1ccccc1-2. The van der Waals surface area contributed by atoms with Crippen LogP contribution < -0.4 is 5.32 Å². The summed E-state index contributed by atoms with van der Waals surface area (Å²) in [4.78, 5) is 34.7. The van der Waals surface area contributed by atoms with E-state index in [1.807, 2.05) is 43.4 Å². The molecule has 1 aliphatic heterocycles. The highest BCUT2D eigenvalue weighted by Crippen LogP contribution is 2.44. The summed E-state index contributed by atoms with van der Waals surface area (Å²) in [6, 6.07) is 18.0. The lowest BCUT2D eigenvalue weighted by atomic mass is 9.90. The average Bonchev–Trinajstić information content (AvgIpc) is 3.29. The molecule has 1 atom stereocenters. The number of ether oxygens (including phenoxy) is 1. The fourth-order valence-electron chi connectivity index (χ4n) is 5.39. The van der Waals surface area contributed by atoms with Gasteiger partial charge in [-0.15, -0.1) is 11.3 Å². The molecule has 0 saturated heterocycles. The molecule has 38 heavy (non-hydrogen) atoms. The molecule has 0 bridgehead atoms. The first-order chi connectivity index (χ1) is 18.4. The van der Waals surface area contributed by atoms with Crippen LogP contribution in [-0.4, -0.2) is 41.5 Å². The molecule has 1 amide bonds. The molecule has 1 N–H and O–H groups in total. The van der Waals surface area contributed by atoms with Gasteiger partial charge in [-0.1, -0.05) is 42.5 Å². The van der Waals surface area contributed by atoms with Crippen molar-refractivity contribution >= 4 is 39.1 Å². The van der Waals surface area contributed by atoms with Crippen molar-refractivity contribution in [1.82, 2.24) is 9.88 Å². The number of pyridine rings is 1. The average molecular weight is 523 g/mol. The van der Waals surface area contributed by atoms with Crippen molar-refractivity contribution < 1.29 is 14.3 Å². The topological polar surface area (TPSA) is 95.3 Å². The van der Waals surface area contributed by atoms with E-state index in [1.165, 1.54) is 16.9 Å². The molecule has 1 aliphatic carbocycles. The van der Waals surface area contributed by atoms with Gasteiger partial charge in [-0.3, -0.25) is 9.78 Å². The molecular weight excluding hydrogens is 496 g/mol. The van der Waals surface area contributed by atoms with Gasteiger partial charge in [-0.2, -0.15) is 5.26 Å². The van der Waals surface area contributed by atoms with Crippen molar-refractivity contribution in [2.45, 2.75) is 38.8 Å². The number of likely N-dealkylation sites (N-methyl/N-ethyl adjacent to an activating group) is 1. The number of anilines is 1. The second kappa shape index (κ2) is 9.67. The normalized spacial score (nSPS) is 15.1. The smallest absolute Gasteiger partial charge is 0.339 e. The molecule has 1 unspecified atom stereocenters. The minimum atomic E-state index is -1.05. The number of esters is 1. The van der Waals surface area contributed by atoms with Crippen LogP contribution in [0.5, 0.6) is 0 Å². The van der Waals surface area contributed by atoms with Gasteiger partial charge in [-0.25, -0.2) is 4.79 Å². The first-order valence-corrected chi connectivity index (χ1v) is 13.5. The van der Waals surface area contributed by atoms with Crippen molar-refractivity contribution in [3.05, 3.63) is 82.0 Å². The summed E-state index contributed by atoms with van der Waals surface area (Å²) in [5.41, 5.74) is 6.76. The van der Waals surface area contributed by atoms with E-state index in [1.54, 1.807) is 6.92 Å². The maximum atomic E-state index is 13.5. The molecular formula is C30H26N4O3S. The summed E-state index contributed by atoms with van der Waals surface area (Å²) in [5, 5.41) is 14.0. The van der Waals surface area contributed by atoms with Crippen molar-refractivity contribution in [2.75, 3.05) is 18.9 Å². The van der Waals surface area contributed by atoms with Crippen LogP contribution >= 0.6 is 11.3 Å². The first kappa shape index (κ1) is 24.3. The monoisotopic (exact) mass is 522 g/mol. The molecule has 0 fully saturated rings. The molecule has 190 valence electrons. The fraction of sp³-hybridized carbons (Fsp3) is 0.267. The second-order valence-electron chi connectivity index (χ2n) is 9.84. The summed E-state index contributed by atoms with van der Waals surface area (Å²) in [6.07, 6.45) is 1.30. The Labute approximate surface area is 224 Å². The molecule has 2 aromatic heterocycles. The number of carbonyl (C=O) groups excluding carboxylic acids is 2.